The molecule has 0 bridgehead atoms. The fraction of sp³-hybridized carbons (Fsp3) is 0.600. The Morgan fingerprint density at radius 1 is 1.25 bits per heavy atom. The first kappa shape index (κ1) is 26.0. The number of rotatable bonds is 16. The van der Waals surface area contributed by atoms with Gasteiger partial charge in [-0.3, -0.25) is 9.59 Å². The SMILES string of the molecule is C[C@@](Cc1cnc[nH]1)(NC(=O)CCNC(=O)COC[C@@H](CO[N+](=O)[O-])O[N+](=O)[O-])C(=O)O. The smallest absolute Gasteiger partial charge is 0.329 e. The molecular weight excluding hydrogens is 440 g/mol. The number of carbonyl (C=O) groups excluding carboxylic acids is 2. The lowest BCUT2D eigenvalue weighted by Gasteiger charge is -2.25. The van der Waals surface area contributed by atoms with Gasteiger partial charge in [-0.25, -0.2) is 9.78 Å². The van der Waals surface area contributed by atoms with Gasteiger partial charge in [0.05, 0.1) is 12.9 Å². The Bertz CT molecular complexity index is 802. The second-order valence-electron chi connectivity index (χ2n) is 6.52. The van der Waals surface area contributed by atoms with Crippen molar-refractivity contribution in [2.75, 3.05) is 26.4 Å². The van der Waals surface area contributed by atoms with Crippen molar-refractivity contribution in [2.24, 2.45) is 0 Å². The first-order chi connectivity index (χ1) is 15.0. The quantitative estimate of drug-likeness (QED) is 0.157. The Morgan fingerprint density at radius 3 is 2.53 bits per heavy atom. The predicted octanol–water partition coefficient (Wildman–Crippen LogP) is -1.78. The van der Waals surface area contributed by atoms with Crippen molar-refractivity contribution < 1.29 is 44.1 Å². The van der Waals surface area contributed by atoms with Gasteiger partial charge in [0.2, 0.25) is 11.8 Å². The van der Waals surface area contributed by atoms with E-state index in [-0.39, 0.29) is 19.4 Å². The standard InChI is InChI=1S/C15H22N6O11/c1-15(14(24)25,4-10-5-16-9-18-10)19-12(22)2-3-17-13(23)8-30-6-11(32-21(28)29)7-31-20(26)27/h5,9,11H,2-4,6-8H2,1H3,(H,16,18)(H,17,23)(H,19,22)(H,24,25)/t11-,15-/m0/s1. The van der Waals surface area contributed by atoms with Crippen molar-refractivity contribution in [3.8, 4) is 0 Å². The minimum absolute atomic E-state index is 0.0399. The maximum absolute atomic E-state index is 12.1. The van der Waals surface area contributed by atoms with E-state index in [1.165, 1.54) is 19.4 Å². The van der Waals surface area contributed by atoms with E-state index in [4.69, 9.17) is 4.74 Å². The summed E-state index contributed by atoms with van der Waals surface area (Å²) in [6.45, 7) is -0.728. The number of nitrogens with zero attached hydrogens (tertiary/aromatic N) is 3. The lowest BCUT2D eigenvalue weighted by molar-refractivity contribution is -0.790. The fourth-order valence-electron chi connectivity index (χ4n) is 2.33. The molecule has 0 aliphatic heterocycles. The van der Waals surface area contributed by atoms with Crippen LogP contribution in [-0.4, -0.2) is 81.0 Å². The van der Waals surface area contributed by atoms with Crippen LogP contribution in [0, 0.1) is 20.2 Å². The van der Waals surface area contributed by atoms with E-state index in [1.54, 1.807) is 0 Å². The number of amides is 2. The molecule has 17 nitrogen and oxygen atoms in total. The van der Waals surface area contributed by atoms with Crippen LogP contribution in [0.25, 0.3) is 0 Å². The van der Waals surface area contributed by atoms with E-state index in [0.29, 0.717) is 5.69 Å². The Morgan fingerprint density at radius 2 is 1.97 bits per heavy atom. The Balaban J connectivity index is 2.36. The summed E-state index contributed by atoms with van der Waals surface area (Å²) in [5.74, 6) is -2.58. The van der Waals surface area contributed by atoms with Crippen LogP contribution in [-0.2, 0) is 35.2 Å². The van der Waals surface area contributed by atoms with Gasteiger partial charge in [0, 0.05) is 31.3 Å². The van der Waals surface area contributed by atoms with Crippen LogP contribution < -0.4 is 10.6 Å². The zero-order chi connectivity index (χ0) is 24.1. The van der Waals surface area contributed by atoms with Crippen molar-refractivity contribution >= 4 is 17.8 Å². The molecule has 1 rings (SSSR count). The molecule has 178 valence electrons. The number of hydrogen-bond acceptors (Lipinski definition) is 11. The van der Waals surface area contributed by atoms with Crippen molar-refractivity contribution in [1.82, 2.24) is 20.6 Å². The molecule has 0 aliphatic carbocycles. The Hall–Kier alpha value is -4.02. The van der Waals surface area contributed by atoms with E-state index < -0.39 is 59.4 Å². The number of hydrogen-bond donors (Lipinski definition) is 4. The maximum atomic E-state index is 12.1. The second-order valence-corrected chi connectivity index (χ2v) is 6.52. The van der Waals surface area contributed by atoms with Gasteiger partial charge in [-0.05, 0) is 6.92 Å². The van der Waals surface area contributed by atoms with Gasteiger partial charge in [-0.2, -0.15) is 0 Å². The summed E-state index contributed by atoms with van der Waals surface area (Å²) >= 11 is 0. The lowest BCUT2D eigenvalue weighted by Crippen LogP contribution is -2.54. The zero-order valence-corrected chi connectivity index (χ0v) is 16.8. The summed E-state index contributed by atoms with van der Waals surface area (Å²) in [7, 11) is 0. The first-order valence-corrected chi connectivity index (χ1v) is 8.96. The normalized spacial score (nSPS) is 13.3. The number of aliphatic carboxylic acids is 1. The highest BCUT2D eigenvalue weighted by atomic mass is 17.0. The van der Waals surface area contributed by atoms with Gasteiger partial charge in [0.1, 0.15) is 18.8 Å². The fourth-order valence-corrected chi connectivity index (χ4v) is 2.33. The molecule has 0 aliphatic rings. The molecule has 0 saturated carbocycles. The summed E-state index contributed by atoms with van der Waals surface area (Å²) in [5, 5.41) is 32.3. The number of imidazole rings is 1. The van der Waals surface area contributed by atoms with Gasteiger partial charge in [0.25, 0.3) is 10.2 Å². The largest absolute Gasteiger partial charge is 0.480 e. The number of ether oxygens (including phenoxy) is 1. The van der Waals surface area contributed by atoms with E-state index in [1.807, 2.05) is 0 Å². The maximum Gasteiger partial charge on any atom is 0.329 e. The summed E-state index contributed by atoms with van der Waals surface area (Å²) in [5.41, 5.74) is -1.10. The van der Waals surface area contributed by atoms with Gasteiger partial charge in [-0.15, -0.1) is 20.2 Å². The molecule has 0 spiro atoms. The van der Waals surface area contributed by atoms with Gasteiger partial charge in [0.15, 0.2) is 6.10 Å². The lowest BCUT2D eigenvalue weighted by atomic mass is 9.96. The van der Waals surface area contributed by atoms with E-state index in [2.05, 4.69) is 30.3 Å². The molecule has 17 heteroatoms. The minimum atomic E-state index is -1.60. The molecular formula is C15H22N6O11. The highest BCUT2D eigenvalue weighted by Crippen LogP contribution is 2.12. The van der Waals surface area contributed by atoms with Crippen LogP contribution in [0.4, 0.5) is 0 Å². The van der Waals surface area contributed by atoms with Crippen molar-refractivity contribution in [3.63, 3.8) is 0 Å². The van der Waals surface area contributed by atoms with Crippen molar-refractivity contribution in [1.29, 1.82) is 0 Å². The van der Waals surface area contributed by atoms with E-state index in [0.717, 1.165) is 0 Å². The van der Waals surface area contributed by atoms with Crippen molar-refractivity contribution in [3.05, 3.63) is 38.4 Å². The predicted molar refractivity (Wildman–Crippen MR) is 99.7 cm³/mol. The summed E-state index contributed by atoms with van der Waals surface area (Å²) in [6.07, 6.45) is 1.09. The van der Waals surface area contributed by atoms with Crippen LogP contribution >= 0.6 is 0 Å². The second kappa shape index (κ2) is 12.6. The van der Waals surface area contributed by atoms with Gasteiger partial charge >= 0.3 is 5.97 Å². The first-order valence-electron chi connectivity index (χ1n) is 8.96. The molecule has 0 unspecified atom stereocenters. The van der Waals surface area contributed by atoms with Crippen LogP contribution in [0.3, 0.4) is 0 Å². The topological polar surface area (TPSA) is 238 Å². The van der Waals surface area contributed by atoms with Crippen LogP contribution in [0.5, 0.6) is 0 Å². The molecule has 2 amide bonds. The molecule has 0 radical (unpaired) electrons. The third-order valence-electron chi connectivity index (χ3n) is 3.80. The summed E-state index contributed by atoms with van der Waals surface area (Å²) < 4.78 is 4.89. The van der Waals surface area contributed by atoms with E-state index >= 15 is 0 Å². The number of aromatic nitrogens is 2. The third-order valence-corrected chi connectivity index (χ3v) is 3.80. The summed E-state index contributed by atoms with van der Waals surface area (Å²) in [4.78, 5) is 70.4. The molecule has 4 N–H and O–H groups in total. The van der Waals surface area contributed by atoms with Crippen molar-refractivity contribution in [2.45, 2.75) is 31.4 Å². The highest BCUT2D eigenvalue weighted by molar-refractivity contribution is 5.87. The molecule has 32 heavy (non-hydrogen) atoms. The molecule has 1 aromatic rings. The molecule has 2 atom stereocenters. The number of carboxylic acid groups (broad SMARTS) is 1. The minimum Gasteiger partial charge on any atom is -0.480 e. The monoisotopic (exact) mass is 462 g/mol. The van der Waals surface area contributed by atoms with E-state index in [9.17, 15) is 39.7 Å². The number of H-pyrrole nitrogens is 1. The Kier molecular flexibility index (Phi) is 10.3. The Labute approximate surface area is 179 Å². The average Bonchev–Trinajstić information content (AvgIpc) is 3.18. The number of nitrogens with one attached hydrogen (secondary N) is 3. The van der Waals surface area contributed by atoms with Gasteiger partial charge < -0.3 is 35.1 Å². The molecule has 0 aromatic carbocycles. The van der Waals surface area contributed by atoms with Crippen LogP contribution in [0.1, 0.15) is 19.0 Å². The van der Waals surface area contributed by atoms with Crippen LogP contribution in [0.2, 0.25) is 0 Å². The average molecular weight is 462 g/mol. The number of aromatic amines is 1. The molecule has 0 saturated heterocycles. The number of carboxylic acids is 1. The van der Waals surface area contributed by atoms with Crippen LogP contribution in [0.15, 0.2) is 12.5 Å². The molecule has 1 aromatic heterocycles. The van der Waals surface area contributed by atoms with Gasteiger partial charge in [-0.1, -0.05) is 0 Å². The molecule has 0 fully saturated rings. The third kappa shape index (κ3) is 10.1. The highest BCUT2D eigenvalue weighted by Gasteiger charge is 2.35. The number of carbonyl (C=O) groups is 3. The molecule has 1 heterocycles. The zero-order valence-electron chi connectivity index (χ0n) is 16.8. The summed E-state index contributed by atoms with van der Waals surface area (Å²) in [6, 6.07) is 0.